The molecule has 2 aliphatic rings. The maximum absolute atomic E-state index is 14.6. The second-order valence-corrected chi connectivity index (χ2v) is 10.8. The average molecular weight is 592 g/mol. The van der Waals surface area contributed by atoms with Gasteiger partial charge in [0.25, 0.3) is 0 Å². The molecule has 222 valence electrons. The predicted molar refractivity (Wildman–Crippen MR) is 148 cm³/mol. The number of imidazole rings is 1. The highest BCUT2D eigenvalue weighted by atomic mass is 19.1. The van der Waals surface area contributed by atoms with Crippen LogP contribution in [0, 0.1) is 23.0 Å². The van der Waals surface area contributed by atoms with Gasteiger partial charge >= 0.3 is 5.97 Å². The highest BCUT2D eigenvalue weighted by Crippen LogP contribution is 2.34. The summed E-state index contributed by atoms with van der Waals surface area (Å²) in [6.45, 7) is 1.03. The van der Waals surface area contributed by atoms with Crippen LogP contribution in [0.4, 0.5) is 13.2 Å². The zero-order valence-corrected chi connectivity index (χ0v) is 23.0. The minimum atomic E-state index is -1.03. The molecule has 2 aliphatic heterocycles. The number of likely N-dealkylation sites (tertiary alicyclic amines) is 1. The van der Waals surface area contributed by atoms with Gasteiger partial charge in [-0.05, 0) is 61.4 Å². The number of nitrogens with zero attached hydrogens (tertiary/aromatic N) is 5. The Kier molecular flexibility index (Phi) is 8.01. The lowest BCUT2D eigenvalue weighted by atomic mass is 10.0. The molecule has 2 aromatic heterocycles. The van der Waals surface area contributed by atoms with Crippen LogP contribution < -0.4 is 4.74 Å². The fourth-order valence-electron chi connectivity index (χ4n) is 5.66. The summed E-state index contributed by atoms with van der Waals surface area (Å²) in [7, 11) is 0. The number of carboxylic acids is 1. The molecule has 0 radical (unpaired) electrons. The number of halogens is 3. The molecule has 4 heterocycles. The Balaban J connectivity index is 1.21. The van der Waals surface area contributed by atoms with Crippen molar-refractivity contribution in [3.63, 3.8) is 0 Å². The summed E-state index contributed by atoms with van der Waals surface area (Å²) in [5.41, 5.74) is 2.19. The Morgan fingerprint density at radius 1 is 1.14 bits per heavy atom. The van der Waals surface area contributed by atoms with Gasteiger partial charge in [0.2, 0.25) is 0 Å². The highest BCUT2D eigenvalue weighted by molar-refractivity contribution is 5.92. The first kappa shape index (κ1) is 28.6. The molecule has 0 unspecified atom stereocenters. The Bertz CT molecular complexity index is 1720. The van der Waals surface area contributed by atoms with Crippen molar-refractivity contribution >= 4 is 17.0 Å². The fourth-order valence-corrected chi connectivity index (χ4v) is 5.66. The maximum Gasteiger partial charge on any atom is 0.335 e. The van der Waals surface area contributed by atoms with Gasteiger partial charge in [0, 0.05) is 30.8 Å². The second-order valence-electron chi connectivity index (χ2n) is 10.8. The SMILES string of the molecule is N#Cc1ccc(OCc2nc([C@@H]3C[C@@H](CF)N(Cc4nc5ccc(C(=O)O)cc5n4C[C@@H]4CCO4)C3)ccc2F)c(F)c1. The monoisotopic (exact) mass is 591 g/mol. The van der Waals surface area contributed by atoms with Crippen LogP contribution in [0.2, 0.25) is 0 Å². The molecular weight excluding hydrogens is 563 g/mol. The summed E-state index contributed by atoms with van der Waals surface area (Å²) in [6.07, 6.45) is 1.33. The molecule has 3 atom stereocenters. The maximum atomic E-state index is 14.6. The molecular formula is C31H28F3N5O4. The Morgan fingerprint density at radius 2 is 1.98 bits per heavy atom. The van der Waals surface area contributed by atoms with Crippen molar-refractivity contribution in [3.8, 4) is 11.8 Å². The number of pyridine rings is 1. The summed E-state index contributed by atoms with van der Waals surface area (Å²) in [6, 6.07) is 12.8. The number of carbonyl (C=O) groups is 1. The molecule has 4 aromatic rings. The van der Waals surface area contributed by atoms with Crippen molar-refractivity contribution < 1.29 is 32.5 Å². The largest absolute Gasteiger partial charge is 0.484 e. The highest BCUT2D eigenvalue weighted by Gasteiger charge is 2.35. The van der Waals surface area contributed by atoms with E-state index in [0.717, 1.165) is 12.5 Å². The predicted octanol–water partition coefficient (Wildman–Crippen LogP) is 4.97. The number of aromatic nitrogens is 3. The van der Waals surface area contributed by atoms with Gasteiger partial charge in [-0.1, -0.05) is 0 Å². The molecule has 1 N–H and O–H groups in total. The van der Waals surface area contributed by atoms with E-state index in [-0.39, 0.29) is 41.2 Å². The summed E-state index contributed by atoms with van der Waals surface area (Å²) in [5.74, 6) is -2.02. The molecule has 12 heteroatoms. The van der Waals surface area contributed by atoms with Gasteiger partial charge in [0.15, 0.2) is 11.6 Å². The Hall–Kier alpha value is -4.47. The number of benzene rings is 2. The lowest BCUT2D eigenvalue weighted by molar-refractivity contribution is -0.0592. The van der Waals surface area contributed by atoms with Crippen LogP contribution in [-0.2, 0) is 24.4 Å². The third-order valence-electron chi connectivity index (χ3n) is 8.09. The van der Waals surface area contributed by atoms with Crippen LogP contribution >= 0.6 is 0 Å². The van der Waals surface area contributed by atoms with Crippen LogP contribution in [0.3, 0.4) is 0 Å². The van der Waals surface area contributed by atoms with E-state index in [1.807, 2.05) is 15.5 Å². The second kappa shape index (κ2) is 12.0. The molecule has 9 nitrogen and oxygen atoms in total. The summed E-state index contributed by atoms with van der Waals surface area (Å²) in [4.78, 5) is 22.8. The number of hydrogen-bond acceptors (Lipinski definition) is 7. The van der Waals surface area contributed by atoms with Crippen molar-refractivity contribution in [2.24, 2.45) is 0 Å². The standard InChI is InChI=1S/C31H28F3N5O4/c32-12-21-10-20(25-5-3-23(33)27(36-25)17-43-29-6-1-18(13-35)9-24(29)34)14-38(21)16-30-37-26-4-2-19(31(40)41)11-28(26)39(30)15-22-7-8-42-22/h1-6,9,11,20-22H,7-8,10,12,14-17H2,(H,40,41)/t20-,21+,22+/m1/s1. The normalized spacial score (nSPS) is 20.2. The molecule has 6 rings (SSSR count). The lowest BCUT2D eigenvalue weighted by Crippen LogP contribution is -2.34. The number of rotatable bonds is 10. The van der Waals surface area contributed by atoms with Gasteiger partial charge in [0.1, 0.15) is 30.6 Å². The van der Waals surface area contributed by atoms with E-state index in [0.29, 0.717) is 55.2 Å². The number of aromatic carboxylic acids is 1. The van der Waals surface area contributed by atoms with Gasteiger partial charge in [-0.15, -0.1) is 0 Å². The fraction of sp³-hybridized carbons (Fsp3) is 0.355. The van der Waals surface area contributed by atoms with Crippen LogP contribution in [0.5, 0.6) is 5.75 Å². The van der Waals surface area contributed by atoms with Crippen molar-refractivity contribution in [1.29, 1.82) is 5.26 Å². The van der Waals surface area contributed by atoms with Crippen molar-refractivity contribution in [2.75, 3.05) is 19.8 Å². The zero-order valence-electron chi connectivity index (χ0n) is 23.0. The first-order valence-electron chi connectivity index (χ1n) is 13.9. The molecule has 0 amide bonds. The van der Waals surface area contributed by atoms with E-state index in [4.69, 9.17) is 19.7 Å². The van der Waals surface area contributed by atoms with Gasteiger partial charge < -0.3 is 19.1 Å². The van der Waals surface area contributed by atoms with Gasteiger partial charge in [-0.2, -0.15) is 5.26 Å². The molecule has 0 saturated carbocycles. The first-order valence-corrected chi connectivity index (χ1v) is 13.9. The molecule has 43 heavy (non-hydrogen) atoms. The summed E-state index contributed by atoms with van der Waals surface area (Å²) in [5, 5.41) is 18.4. The molecule has 2 fully saturated rings. The lowest BCUT2D eigenvalue weighted by Gasteiger charge is -2.28. The van der Waals surface area contributed by atoms with Crippen LogP contribution in [-0.4, -0.2) is 62.5 Å². The Labute approximate surface area is 245 Å². The summed E-state index contributed by atoms with van der Waals surface area (Å²) >= 11 is 0. The van der Waals surface area contributed by atoms with Crippen LogP contribution in [0.25, 0.3) is 11.0 Å². The van der Waals surface area contributed by atoms with Gasteiger partial charge in [0.05, 0.1) is 47.4 Å². The minimum Gasteiger partial charge on any atom is -0.484 e. The van der Waals surface area contributed by atoms with E-state index in [1.165, 1.54) is 24.3 Å². The van der Waals surface area contributed by atoms with Crippen molar-refractivity contribution in [2.45, 2.75) is 50.6 Å². The van der Waals surface area contributed by atoms with Crippen molar-refractivity contribution in [1.82, 2.24) is 19.4 Å². The molecule has 0 bridgehead atoms. The van der Waals surface area contributed by atoms with Crippen LogP contribution in [0.1, 0.15) is 51.9 Å². The number of alkyl halides is 1. The molecule has 2 aromatic carbocycles. The quantitative estimate of drug-likeness (QED) is 0.275. The number of nitriles is 1. The van der Waals surface area contributed by atoms with Gasteiger partial charge in [-0.3, -0.25) is 9.88 Å². The zero-order chi connectivity index (χ0) is 30.1. The topological polar surface area (TPSA) is 114 Å². The Morgan fingerprint density at radius 3 is 2.67 bits per heavy atom. The summed E-state index contributed by atoms with van der Waals surface area (Å²) < 4.78 is 56.2. The first-order chi connectivity index (χ1) is 20.8. The molecule has 0 aliphatic carbocycles. The third-order valence-corrected chi connectivity index (χ3v) is 8.09. The average Bonchev–Trinajstić information content (AvgIpc) is 3.55. The number of hydrogen-bond donors (Lipinski definition) is 1. The smallest absolute Gasteiger partial charge is 0.335 e. The number of fused-ring (bicyclic) bond motifs is 1. The van der Waals surface area contributed by atoms with Crippen LogP contribution in [0.15, 0.2) is 48.5 Å². The molecule has 0 spiro atoms. The number of ether oxygens (including phenoxy) is 2. The van der Waals surface area contributed by atoms with E-state index in [9.17, 15) is 23.1 Å². The minimum absolute atomic E-state index is 0.00487. The number of carboxylic acid groups (broad SMARTS) is 1. The third kappa shape index (κ3) is 5.91. The van der Waals surface area contributed by atoms with Gasteiger partial charge in [-0.25, -0.2) is 22.9 Å². The van der Waals surface area contributed by atoms with E-state index < -0.39 is 30.3 Å². The van der Waals surface area contributed by atoms with Crippen molar-refractivity contribution in [3.05, 3.63) is 88.5 Å². The van der Waals surface area contributed by atoms with E-state index >= 15 is 0 Å². The van der Waals surface area contributed by atoms with E-state index in [1.54, 1.807) is 18.2 Å². The molecule has 2 saturated heterocycles. The van der Waals surface area contributed by atoms with E-state index in [2.05, 4.69) is 4.98 Å².